The number of carbonyl (C=O) groups excluding carboxylic acids is 1. The molecule has 0 radical (unpaired) electrons. The van der Waals surface area contributed by atoms with Crippen molar-refractivity contribution in [1.29, 1.82) is 0 Å². The van der Waals surface area contributed by atoms with Crippen LogP contribution in [0.1, 0.15) is 38.7 Å². The van der Waals surface area contributed by atoms with E-state index in [4.69, 9.17) is 9.47 Å². The fourth-order valence-electron chi connectivity index (χ4n) is 3.14. The number of sulfone groups is 1. The summed E-state index contributed by atoms with van der Waals surface area (Å²) in [5, 5.41) is 1.86. The molecule has 0 bridgehead atoms. The zero-order chi connectivity index (χ0) is 19.8. The number of fused-ring (bicyclic) bond motifs is 1. The van der Waals surface area contributed by atoms with Gasteiger partial charge in [-0.25, -0.2) is 8.42 Å². The number of ether oxygens (including phenoxy) is 2. The molecule has 0 saturated carbocycles. The fourth-order valence-corrected chi connectivity index (χ4v) is 5.95. The molecule has 1 aliphatic heterocycles. The summed E-state index contributed by atoms with van der Waals surface area (Å²) in [5.74, 6) is 0.710. The predicted octanol–water partition coefficient (Wildman–Crippen LogP) is 3.79. The van der Waals surface area contributed by atoms with E-state index >= 15 is 0 Å². The van der Waals surface area contributed by atoms with E-state index in [2.05, 4.69) is 15.9 Å². The first-order chi connectivity index (χ1) is 12.8. The molecule has 1 amide bonds. The Bertz CT molecular complexity index is 956. The average molecular weight is 474 g/mol. The van der Waals surface area contributed by atoms with E-state index in [1.54, 1.807) is 30.2 Å². The molecule has 0 saturated heterocycles. The Labute approximate surface area is 171 Å². The van der Waals surface area contributed by atoms with Crippen molar-refractivity contribution in [2.24, 2.45) is 0 Å². The Morgan fingerprint density at radius 2 is 2.04 bits per heavy atom. The largest absolute Gasteiger partial charge is 0.493 e. The summed E-state index contributed by atoms with van der Waals surface area (Å²) in [4.78, 5) is 14.8. The first-order valence-electron chi connectivity index (χ1n) is 8.29. The number of nitrogens with zero attached hydrogens (tertiary/aromatic N) is 1. The lowest BCUT2D eigenvalue weighted by Gasteiger charge is -2.31. The van der Waals surface area contributed by atoms with Crippen LogP contribution in [-0.2, 0) is 9.84 Å². The standard InChI is InChI=1S/C18H20BrNO5S2/c1-4-25-15-9-11(5-6-14(15)24-2)13(10-27(3,22)23)20-17(19)12-7-8-26-16(12)18(20)21/h5-9,13,17H,4,10H2,1-3H3/t13?,17-/m1/s1. The Morgan fingerprint density at radius 3 is 2.63 bits per heavy atom. The van der Waals surface area contributed by atoms with Crippen LogP contribution in [0, 0.1) is 0 Å². The van der Waals surface area contributed by atoms with E-state index in [0.717, 1.165) is 5.56 Å². The van der Waals surface area contributed by atoms with E-state index in [9.17, 15) is 13.2 Å². The average Bonchev–Trinajstić information content (AvgIpc) is 3.17. The molecule has 27 heavy (non-hydrogen) atoms. The minimum atomic E-state index is -3.35. The van der Waals surface area contributed by atoms with Crippen LogP contribution >= 0.6 is 27.3 Å². The van der Waals surface area contributed by atoms with Gasteiger partial charge in [-0.3, -0.25) is 4.79 Å². The molecule has 0 spiro atoms. The molecule has 9 heteroatoms. The first kappa shape index (κ1) is 20.2. The second-order valence-corrected chi connectivity index (χ2v) is 10.2. The number of amides is 1. The monoisotopic (exact) mass is 473 g/mol. The third kappa shape index (κ3) is 4.00. The summed E-state index contributed by atoms with van der Waals surface area (Å²) in [6.45, 7) is 2.30. The van der Waals surface area contributed by atoms with Gasteiger partial charge in [0.2, 0.25) is 0 Å². The van der Waals surface area contributed by atoms with E-state index in [1.165, 1.54) is 17.6 Å². The Hall–Kier alpha value is -1.58. The van der Waals surface area contributed by atoms with Crippen molar-refractivity contribution in [3.63, 3.8) is 0 Å². The molecule has 1 aromatic heterocycles. The number of rotatable bonds is 7. The van der Waals surface area contributed by atoms with Crippen molar-refractivity contribution in [1.82, 2.24) is 4.90 Å². The van der Waals surface area contributed by atoms with Crippen molar-refractivity contribution in [3.05, 3.63) is 45.6 Å². The highest BCUT2D eigenvalue weighted by Gasteiger charge is 2.42. The SMILES string of the molecule is CCOc1cc(C(CS(C)(=O)=O)N2C(=O)c3sccc3[C@@H]2Br)ccc1OC. The van der Waals surface area contributed by atoms with Gasteiger partial charge >= 0.3 is 0 Å². The second-order valence-electron chi connectivity index (χ2n) is 6.20. The topological polar surface area (TPSA) is 72.9 Å². The maximum absolute atomic E-state index is 13.0. The highest BCUT2D eigenvalue weighted by molar-refractivity contribution is 9.09. The number of hydrogen-bond donors (Lipinski definition) is 0. The zero-order valence-electron chi connectivity index (χ0n) is 15.1. The van der Waals surface area contributed by atoms with Gasteiger partial charge in [-0.2, -0.15) is 0 Å². The Kier molecular flexibility index (Phi) is 5.83. The molecule has 2 heterocycles. The van der Waals surface area contributed by atoms with Gasteiger partial charge in [-0.05, 0) is 36.1 Å². The zero-order valence-corrected chi connectivity index (χ0v) is 18.4. The maximum atomic E-state index is 13.0. The van der Waals surface area contributed by atoms with Crippen molar-refractivity contribution >= 4 is 43.0 Å². The lowest BCUT2D eigenvalue weighted by atomic mass is 10.1. The molecule has 1 aliphatic rings. The van der Waals surface area contributed by atoms with Crippen molar-refractivity contribution in [3.8, 4) is 11.5 Å². The van der Waals surface area contributed by atoms with Gasteiger partial charge in [0.25, 0.3) is 5.91 Å². The summed E-state index contributed by atoms with van der Waals surface area (Å²) in [7, 11) is -1.81. The molecule has 0 fully saturated rings. The number of hydrogen-bond acceptors (Lipinski definition) is 6. The van der Waals surface area contributed by atoms with Crippen LogP contribution in [-0.4, -0.2) is 45.0 Å². The highest BCUT2D eigenvalue weighted by Crippen LogP contribution is 2.46. The van der Waals surface area contributed by atoms with E-state index < -0.39 is 15.9 Å². The van der Waals surface area contributed by atoms with Crippen LogP contribution in [0.2, 0.25) is 0 Å². The highest BCUT2D eigenvalue weighted by atomic mass is 79.9. The minimum absolute atomic E-state index is 0.177. The van der Waals surface area contributed by atoms with Crippen molar-refractivity contribution < 1.29 is 22.7 Å². The predicted molar refractivity (Wildman–Crippen MR) is 109 cm³/mol. The number of alkyl halides is 1. The van der Waals surface area contributed by atoms with Crippen LogP contribution < -0.4 is 9.47 Å². The third-order valence-corrected chi connectivity index (χ3v) is 7.07. The quantitative estimate of drug-likeness (QED) is 0.451. The number of benzene rings is 1. The normalized spacial score (nSPS) is 17.7. The summed E-state index contributed by atoms with van der Waals surface area (Å²) >= 11 is 4.93. The fraction of sp³-hybridized carbons (Fsp3) is 0.389. The summed E-state index contributed by atoms with van der Waals surface area (Å²) in [6.07, 6.45) is 1.17. The van der Waals surface area contributed by atoms with Crippen molar-refractivity contribution in [2.75, 3.05) is 25.7 Å². The molecule has 1 aromatic carbocycles. The number of methoxy groups -OCH3 is 1. The van der Waals surface area contributed by atoms with Crippen LogP contribution in [0.5, 0.6) is 11.5 Å². The minimum Gasteiger partial charge on any atom is -0.493 e. The number of thiophene rings is 1. The molecule has 3 rings (SSSR count). The van der Waals surface area contributed by atoms with Crippen LogP contribution in [0.25, 0.3) is 0 Å². The third-order valence-electron chi connectivity index (χ3n) is 4.29. The summed E-state index contributed by atoms with van der Waals surface area (Å²) < 4.78 is 35.2. The number of halogens is 1. The summed E-state index contributed by atoms with van der Waals surface area (Å²) in [5.41, 5.74) is 1.54. The van der Waals surface area contributed by atoms with Gasteiger partial charge in [0, 0.05) is 11.8 Å². The van der Waals surface area contributed by atoms with E-state index in [-0.39, 0.29) is 16.6 Å². The smallest absolute Gasteiger partial charge is 0.266 e. The van der Waals surface area contributed by atoms with Gasteiger partial charge in [0.05, 0.1) is 30.4 Å². The van der Waals surface area contributed by atoms with E-state index in [0.29, 0.717) is 28.5 Å². The van der Waals surface area contributed by atoms with Gasteiger partial charge in [-0.1, -0.05) is 22.0 Å². The molecule has 6 nitrogen and oxygen atoms in total. The van der Waals surface area contributed by atoms with Crippen LogP contribution in [0.3, 0.4) is 0 Å². The van der Waals surface area contributed by atoms with E-state index in [1.807, 2.05) is 18.4 Å². The molecular weight excluding hydrogens is 454 g/mol. The maximum Gasteiger partial charge on any atom is 0.266 e. The molecule has 1 unspecified atom stereocenters. The van der Waals surface area contributed by atoms with Crippen LogP contribution in [0.15, 0.2) is 29.6 Å². The lowest BCUT2D eigenvalue weighted by molar-refractivity contribution is 0.0719. The molecule has 146 valence electrons. The van der Waals surface area contributed by atoms with Gasteiger partial charge < -0.3 is 14.4 Å². The Balaban J connectivity index is 2.06. The van der Waals surface area contributed by atoms with Gasteiger partial charge in [-0.15, -0.1) is 11.3 Å². The molecular formula is C18H20BrNO5S2. The summed E-state index contributed by atoms with van der Waals surface area (Å²) in [6, 6.07) is 6.49. The molecule has 2 atom stereocenters. The van der Waals surface area contributed by atoms with Gasteiger partial charge in [0.15, 0.2) is 11.5 Å². The lowest BCUT2D eigenvalue weighted by Crippen LogP contribution is -2.34. The van der Waals surface area contributed by atoms with Crippen molar-refractivity contribution in [2.45, 2.75) is 17.9 Å². The molecule has 0 aliphatic carbocycles. The molecule has 2 aromatic rings. The molecule has 0 N–H and O–H groups in total. The second kappa shape index (κ2) is 7.81. The van der Waals surface area contributed by atoms with Crippen LogP contribution in [0.4, 0.5) is 0 Å². The first-order valence-corrected chi connectivity index (χ1v) is 12.1. The number of carbonyl (C=O) groups is 1. The Morgan fingerprint density at radius 1 is 1.30 bits per heavy atom. The van der Waals surface area contributed by atoms with Gasteiger partial charge in [0.1, 0.15) is 14.8 Å².